The Bertz CT molecular complexity index is 824. The van der Waals surface area contributed by atoms with Gasteiger partial charge in [-0.2, -0.15) is 0 Å². The van der Waals surface area contributed by atoms with Crippen LogP contribution in [0.4, 0.5) is 5.69 Å². The minimum atomic E-state index is -0.136. The number of hydrogen-bond acceptors (Lipinski definition) is 2. The maximum absolute atomic E-state index is 14.0. The molecule has 0 atom stereocenters. The first-order valence-electron chi connectivity index (χ1n) is 10.1. The highest BCUT2D eigenvalue weighted by Crippen LogP contribution is 2.60. The molecule has 0 N–H and O–H groups in total. The van der Waals surface area contributed by atoms with Gasteiger partial charge in [0, 0.05) is 15.6 Å². The zero-order valence-electron chi connectivity index (χ0n) is 15.8. The fourth-order valence-corrected chi connectivity index (χ4v) is 7.11. The van der Waals surface area contributed by atoms with Crippen molar-refractivity contribution >= 4 is 34.5 Å². The van der Waals surface area contributed by atoms with Gasteiger partial charge in [0.25, 0.3) is 0 Å². The summed E-state index contributed by atoms with van der Waals surface area (Å²) in [4.78, 5) is 17.3. The summed E-state index contributed by atoms with van der Waals surface area (Å²) in [6.07, 6.45) is 7.35. The van der Waals surface area contributed by atoms with Crippen LogP contribution in [0.25, 0.3) is 0 Å². The van der Waals surface area contributed by atoms with Crippen molar-refractivity contribution in [3.05, 3.63) is 51.2 Å². The highest BCUT2D eigenvalue weighted by molar-refractivity contribution is 7.09. The van der Waals surface area contributed by atoms with Gasteiger partial charge in [0.1, 0.15) is 0 Å². The number of nitrogens with zero attached hydrogens (tertiary/aromatic N) is 1. The van der Waals surface area contributed by atoms with Crippen molar-refractivity contribution in [2.75, 3.05) is 4.90 Å². The number of thiophene rings is 1. The molecule has 142 valence electrons. The summed E-state index contributed by atoms with van der Waals surface area (Å²) in [6, 6.07) is 10.3. The lowest BCUT2D eigenvalue weighted by molar-refractivity contribution is -0.143. The van der Waals surface area contributed by atoms with Crippen LogP contribution in [0.3, 0.4) is 0 Å². The van der Waals surface area contributed by atoms with Crippen molar-refractivity contribution in [3.63, 3.8) is 0 Å². The van der Waals surface area contributed by atoms with E-state index in [0.717, 1.165) is 53.3 Å². The van der Waals surface area contributed by atoms with Crippen molar-refractivity contribution in [2.24, 2.45) is 23.2 Å². The third kappa shape index (κ3) is 3.13. The molecule has 1 aromatic carbocycles. The number of halogens is 1. The summed E-state index contributed by atoms with van der Waals surface area (Å²) in [5, 5.41) is 2.83. The summed E-state index contributed by atoms with van der Waals surface area (Å²) < 4.78 is 0. The molecule has 1 heterocycles. The molecule has 4 heteroatoms. The normalized spacial score (nSPS) is 31.3. The monoisotopic (exact) mass is 399 g/mol. The van der Waals surface area contributed by atoms with E-state index in [0.29, 0.717) is 12.5 Å². The van der Waals surface area contributed by atoms with E-state index in [1.807, 2.05) is 24.0 Å². The minimum Gasteiger partial charge on any atom is -0.307 e. The predicted octanol–water partition coefficient (Wildman–Crippen LogP) is 6.46. The lowest BCUT2D eigenvalue weighted by Crippen LogP contribution is -2.54. The molecular weight excluding hydrogens is 374 g/mol. The Morgan fingerprint density at radius 1 is 1.15 bits per heavy atom. The summed E-state index contributed by atoms with van der Waals surface area (Å²) in [7, 11) is 0. The van der Waals surface area contributed by atoms with Gasteiger partial charge in [-0.1, -0.05) is 23.7 Å². The number of rotatable bonds is 4. The Kier molecular flexibility index (Phi) is 4.36. The molecule has 0 spiro atoms. The van der Waals surface area contributed by atoms with E-state index in [1.54, 1.807) is 11.3 Å². The molecule has 4 aliphatic rings. The first kappa shape index (κ1) is 17.8. The lowest BCUT2D eigenvalue weighted by Gasteiger charge is -2.56. The molecule has 27 heavy (non-hydrogen) atoms. The predicted molar refractivity (Wildman–Crippen MR) is 112 cm³/mol. The van der Waals surface area contributed by atoms with Crippen molar-refractivity contribution in [1.82, 2.24) is 0 Å². The molecule has 0 aliphatic heterocycles. The van der Waals surface area contributed by atoms with Crippen molar-refractivity contribution in [2.45, 2.75) is 52.0 Å². The zero-order valence-corrected chi connectivity index (χ0v) is 17.4. The average Bonchev–Trinajstić information content (AvgIpc) is 3.14. The Hall–Kier alpha value is -1.32. The molecule has 4 bridgehead atoms. The summed E-state index contributed by atoms with van der Waals surface area (Å²) in [6.45, 7) is 2.66. The van der Waals surface area contributed by atoms with Gasteiger partial charge in [-0.3, -0.25) is 4.79 Å². The second-order valence-electron chi connectivity index (χ2n) is 9.10. The second kappa shape index (κ2) is 6.63. The van der Waals surface area contributed by atoms with Crippen LogP contribution in [0.5, 0.6) is 0 Å². The Labute approximate surface area is 170 Å². The van der Waals surface area contributed by atoms with Crippen LogP contribution in [0.15, 0.2) is 35.7 Å². The molecule has 1 amide bonds. The molecular formula is C23H26ClNOS. The Balaban J connectivity index is 1.51. The molecule has 0 radical (unpaired) electrons. The van der Waals surface area contributed by atoms with Gasteiger partial charge in [0.15, 0.2) is 0 Å². The topological polar surface area (TPSA) is 20.3 Å². The van der Waals surface area contributed by atoms with Gasteiger partial charge < -0.3 is 4.90 Å². The number of anilines is 1. The van der Waals surface area contributed by atoms with Gasteiger partial charge in [-0.25, -0.2) is 0 Å². The number of hydrogen-bond donors (Lipinski definition) is 0. The van der Waals surface area contributed by atoms with Crippen LogP contribution >= 0.6 is 22.9 Å². The number of carbonyl (C=O) groups excluding carboxylic acids is 1. The highest BCUT2D eigenvalue weighted by Gasteiger charge is 2.55. The van der Waals surface area contributed by atoms with Crippen LogP contribution in [-0.2, 0) is 11.3 Å². The van der Waals surface area contributed by atoms with E-state index < -0.39 is 0 Å². The fraction of sp³-hybridized carbons (Fsp3) is 0.522. The van der Waals surface area contributed by atoms with Gasteiger partial charge in [-0.05, 0) is 92.3 Å². The molecule has 1 aromatic heterocycles. The van der Waals surface area contributed by atoms with E-state index in [2.05, 4.69) is 23.6 Å². The van der Waals surface area contributed by atoms with Crippen LogP contribution in [0.2, 0.25) is 5.02 Å². The smallest absolute Gasteiger partial charge is 0.233 e. The number of aryl methyl sites for hydroxylation is 1. The number of benzene rings is 1. The molecule has 4 saturated carbocycles. The molecule has 0 saturated heterocycles. The van der Waals surface area contributed by atoms with E-state index in [9.17, 15) is 4.79 Å². The van der Waals surface area contributed by atoms with Gasteiger partial charge in [0.05, 0.1) is 12.0 Å². The molecule has 4 fully saturated rings. The van der Waals surface area contributed by atoms with Crippen LogP contribution < -0.4 is 4.90 Å². The number of carbonyl (C=O) groups is 1. The van der Waals surface area contributed by atoms with Gasteiger partial charge >= 0.3 is 0 Å². The first-order chi connectivity index (χ1) is 13.0. The first-order valence-corrected chi connectivity index (χ1v) is 11.4. The van der Waals surface area contributed by atoms with E-state index in [-0.39, 0.29) is 5.41 Å². The Morgan fingerprint density at radius 3 is 2.37 bits per heavy atom. The van der Waals surface area contributed by atoms with E-state index in [4.69, 9.17) is 11.6 Å². The summed E-state index contributed by atoms with van der Waals surface area (Å²) in [5.41, 5.74) is 1.86. The summed E-state index contributed by atoms with van der Waals surface area (Å²) in [5.74, 6) is 2.65. The maximum atomic E-state index is 14.0. The van der Waals surface area contributed by atoms with Crippen molar-refractivity contribution in [3.8, 4) is 0 Å². The lowest BCUT2D eigenvalue weighted by atomic mass is 9.49. The van der Waals surface area contributed by atoms with Crippen LogP contribution in [0.1, 0.15) is 49.0 Å². The Morgan fingerprint density at radius 2 is 1.81 bits per heavy atom. The molecule has 6 rings (SSSR count). The molecule has 2 nitrogen and oxygen atoms in total. The molecule has 0 unspecified atom stereocenters. The summed E-state index contributed by atoms with van der Waals surface area (Å²) >= 11 is 8.15. The van der Waals surface area contributed by atoms with Gasteiger partial charge in [-0.15, -0.1) is 11.3 Å². The molecule has 4 aliphatic carbocycles. The van der Waals surface area contributed by atoms with Gasteiger partial charge in [0.2, 0.25) is 5.91 Å². The quantitative estimate of drug-likeness (QED) is 0.577. The third-order valence-electron chi connectivity index (χ3n) is 7.10. The SMILES string of the molecule is Cc1ccc(N(Cc2cccs2)C(=O)C23CC4CC(CC(C4)C2)C3)cc1Cl. The van der Waals surface area contributed by atoms with Crippen molar-refractivity contribution in [1.29, 1.82) is 0 Å². The highest BCUT2D eigenvalue weighted by atomic mass is 35.5. The molecule has 2 aromatic rings. The standard InChI is InChI=1S/C23H26ClNOS/c1-15-4-5-19(10-21(15)24)25(14-20-3-2-6-27-20)22(26)23-11-16-7-17(12-23)9-18(8-16)13-23/h2-6,10,16-18H,7-9,11-14H2,1H3. The van der Waals surface area contributed by atoms with Crippen LogP contribution in [0, 0.1) is 30.1 Å². The van der Waals surface area contributed by atoms with Crippen molar-refractivity contribution < 1.29 is 4.79 Å². The minimum absolute atomic E-state index is 0.136. The fourth-order valence-electron chi connectivity index (χ4n) is 6.25. The number of amides is 1. The average molecular weight is 400 g/mol. The largest absolute Gasteiger partial charge is 0.307 e. The van der Waals surface area contributed by atoms with Crippen LogP contribution in [-0.4, -0.2) is 5.91 Å². The second-order valence-corrected chi connectivity index (χ2v) is 10.5. The maximum Gasteiger partial charge on any atom is 0.233 e. The third-order valence-corrected chi connectivity index (χ3v) is 8.37. The zero-order chi connectivity index (χ0) is 18.6. The van der Waals surface area contributed by atoms with E-state index >= 15 is 0 Å². The van der Waals surface area contributed by atoms with E-state index in [1.165, 1.54) is 24.1 Å².